The lowest BCUT2D eigenvalue weighted by Gasteiger charge is -2.39. The second-order valence-corrected chi connectivity index (χ2v) is 8.38. The van der Waals surface area contributed by atoms with E-state index in [2.05, 4.69) is 19.9 Å². The average Bonchev–Trinajstić information content (AvgIpc) is 2.93. The van der Waals surface area contributed by atoms with Gasteiger partial charge in [0.05, 0.1) is 29.8 Å². The maximum atomic E-state index is 11.7. The Morgan fingerprint density at radius 3 is 2.76 bits per heavy atom. The van der Waals surface area contributed by atoms with Crippen molar-refractivity contribution in [3.63, 3.8) is 0 Å². The van der Waals surface area contributed by atoms with Gasteiger partial charge in [0.2, 0.25) is 11.2 Å². The van der Waals surface area contributed by atoms with Crippen molar-refractivity contribution in [1.82, 2.24) is 9.97 Å². The van der Waals surface area contributed by atoms with Gasteiger partial charge in [-0.25, -0.2) is 18.4 Å². The fourth-order valence-electron chi connectivity index (χ4n) is 3.30. The number of sulfone groups is 1. The standard InChI is InChI=1S/C12H14ClN5O2S/c1-17-8-6-14-10(13)16-9(8)18-11(17)15-7-12(18)2-4-21(19,20)5-3-12/h6H,2-5,7H2,1H3. The molecule has 9 heteroatoms. The van der Waals surface area contributed by atoms with Crippen molar-refractivity contribution in [3.8, 4) is 0 Å². The molecular weight excluding hydrogens is 314 g/mol. The summed E-state index contributed by atoms with van der Waals surface area (Å²) in [4.78, 5) is 17.0. The Hall–Kier alpha value is -1.41. The van der Waals surface area contributed by atoms with Crippen molar-refractivity contribution in [3.05, 3.63) is 11.5 Å². The van der Waals surface area contributed by atoms with E-state index in [4.69, 9.17) is 11.6 Å². The Bertz CT molecular complexity index is 749. The Balaban J connectivity index is 1.79. The molecule has 21 heavy (non-hydrogen) atoms. The lowest BCUT2D eigenvalue weighted by molar-refractivity contribution is 0.408. The van der Waals surface area contributed by atoms with E-state index in [1.807, 2.05) is 11.9 Å². The molecule has 0 aliphatic carbocycles. The van der Waals surface area contributed by atoms with Gasteiger partial charge in [0.25, 0.3) is 0 Å². The molecule has 0 aromatic carbocycles. The summed E-state index contributed by atoms with van der Waals surface area (Å²) in [6.07, 6.45) is 2.81. The number of hydrogen-bond acceptors (Lipinski definition) is 7. The van der Waals surface area contributed by atoms with Gasteiger partial charge < -0.3 is 4.90 Å². The van der Waals surface area contributed by atoms with Crippen molar-refractivity contribution in [2.24, 2.45) is 4.99 Å². The highest BCUT2D eigenvalue weighted by atomic mass is 35.5. The quantitative estimate of drug-likeness (QED) is 0.653. The Labute approximate surface area is 127 Å². The van der Waals surface area contributed by atoms with Crippen LogP contribution in [0.15, 0.2) is 11.2 Å². The number of guanidine groups is 1. The molecule has 4 rings (SSSR count). The summed E-state index contributed by atoms with van der Waals surface area (Å²) in [7, 11) is -1.01. The Kier molecular flexibility index (Phi) is 2.57. The van der Waals surface area contributed by atoms with Gasteiger partial charge in [0.1, 0.15) is 5.69 Å². The third-order valence-corrected chi connectivity index (χ3v) is 6.37. The zero-order chi connectivity index (χ0) is 14.8. The molecule has 7 nitrogen and oxygen atoms in total. The van der Waals surface area contributed by atoms with E-state index in [1.54, 1.807) is 6.20 Å². The number of nitrogens with zero attached hydrogens (tertiary/aromatic N) is 5. The van der Waals surface area contributed by atoms with E-state index in [9.17, 15) is 8.42 Å². The maximum absolute atomic E-state index is 11.7. The van der Waals surface area contributed by atoms with Crippen LogP contribution in [0.4, 0.5) is 11.5 Å². The van der Waals surface area contributed by atoms with Gasteiger partial charge >= 0.3 is 0 Å². The van der Waals surface area contributed by atoms with Crippen molar-refractivity contribution in [1.29, 1.82) is 0 Å². The normalized spacial score (nSPS) is 25.0. The maximum Gasteiger partial charge on any atom is 0.224 e. The molecule has 0 N–H and O–H groups in total. The molecule has 1 fully saturated rings. The molecule has 3 aliphatic heterocycles. The summed E-state index contributed by atoms with van der Waals surface area (Å²) in [5.41, 5.74) is 0.559. The first kappa shape index (κ1) is 13.3. The van der Waals surface area contributed by atoms with Gasteiger partial charge in [-0.15, -0.1) is 0 Å². The van der Waals surface area contributed by atoms with E-state index in [0.717, 1.165) is 17.5 Å². The molecule has 0 bridgehead atoms. The minimum Gasteiger partial charge on any atom is -0.311 e. The molecule has 0 unspecified atom stereocenters. The predicted molar refractivity (Wildman–Crippen MR) is 80.8 cm³/mol. The SMILES string of the molecule is CN1C2=NCC3(CCS(=O)(=O)CC3)N2c2nc(Cl)ncc21. The van der Waals surface area contributed by atoms with Crippen molar-refractivity contribution >= 4 is 38.9 Å². The zero-order valence-electron chi connectivity index (χ0n) is 11.5. The smallest absolute Gasteiger partial charge is 0.224 e. The van der Waals surface area contributed by atoms with Gasteiger partial charge in [-0.2, -0.15) is 4.98 Å². The highest BCUT2D eigenvalue weighted by Crippen LogP contribution is 2.46. The number of rotatable bonds is 0. The lowest BCUT2D eigenvalue weighted by atomic mass is 9.91. The van der Waals surface area contributed by atoms with E-state index in [0.29, 0.717) is 19.4 Å². The third kappa shape index (κ3) is 1.78. The molecule has 4 heterocycles. The Morgan fingerprint density at radius 2 is 2.05 bits per heavy atom. The molecule has 3 aliphatic rings. The summed E-state index contributed by atoms with van der Waals surface area (Å²) in [5, 5.41) is 0.189. The first-order chi connectivity index (χ1) is 9.92. The summed E-state index contributed by atoms with van der Waals surface area (Å²) in [6.45, 7) is 0.600. The second-order valence-electron chi connectivity index (χ2n) is 5.73. The van der Waals surface area contributed by atoms with Crippen molar-refractivity contribution in [2.45, 2.75) is 18.4 Å². The van der Waals surface area contributed by atoms with E-state index in [-0.39, 0.29) is 22.3 Å². The van der Waals surface area contributed by atoms with Crippen LogP contribution in [-0.4, -0.2) is 55.0 Å². The summed E-state index contributed by atoms with van der Waals surface area (Å²) in [6, 6.07) is 0. The van der Waals surface area contributed by atoms with E-state index < -0.39 is 9.84 Å². The van der Waals surface area contributed by atoms with Gasteiger partial charge in [-0.3, -0.25) is 4.90 Å². The topological polar surface area (TPSA) is 78.8 Å². The van der Waals surface area contributed by atoms with Crippen LogP contribution >= 0.6 is 11.6 Å². The van der Waals surface area contributed by atoms with Crippen LogP contribution in [0, 0.1) is 0 Å². The molecule has 1 spiro atoms. The molecule has 0 saturated carbocycles. The highest BCUT2D eigenvalue weighted by molar-refractivity contribution is 7.91. The molecule has 0 radical (unpaired) electrons. The monoisotopic (exact) mass is 327 g/mol. The number of aromatic nitrogens is 2. The zero-order valence-corrected chi connectivity index (χ0v) is 13.0. The number of hydrogen-bond donors (Lipinski definition) is 0. The largest absolute Gasteiger partial charge is 0.311 e. The predicted octanol–water partition coefficient (Wildman–Crippen LogP) is 0.703. The number of aliphatic imine (C=N–C) groups is 1. The van der Waals surface area contributed by atoms with Gasteiger partial charge in [0.15, 0.2) is 15.7 Å². The minimum absolute atomic E-state index is 0.189. The van der Waals surface area contributed by atoms with Crippen molar-refractivity contribution in [2.75, 3.05) is 34.9 Å². The fourth-order valence-corrected chi connectivity index (χ4v) is 5.02. The number of fused-ring (bicyclic) bond motifs is 4. The molecule has 1 aromatic heterocycles. The first-order valence-corrected chi connectivity index (χ1v) is 8.93. The summed E-state index contributed by atoms with van der Waals surface area (Å²) in [5.74, 6) is 1.93. The van der Waals surface area contributed by atoms with Crippen LogP contribution in [-0.2, 0) is 9.84 Å². The lowest BCUT2D eigenvalue weighted by Crippen LogP contribution is -2.54. The second kappa shape index (κ2) is 4.07. The van der Waals surface area contributed by atoms with E-state index in [1.165, 1.54) is 0 Å². The first-order valence-electron chi connectivity index (χ1n) is 6.73. The highest BCUT2D eigenvalue weighted by Gasteiger charge is 2.52. The van der Waals surface area contributed by atoms with Crippen LogP contribution in [0.25, 0.3) is 0 Å². The third-order valence-electron chi connectivity index (χ3n) is 4.54. The number of anilines is 2. The van der Waals surface area contributed by atoms with Gasteiger partial charge in [0, 0.05) is 7.05 Å². The summed E-state index contributed by atoms with van der Waals surface area (Å²) >= 11 is 5.93. The summed E-state index contributed by atoms with van der Waals surface area (Å²) < 4.78 is 23.5. The number of halogens is 1. The van der Waals surface area contributed by atoms with Gasteiger partial charge in [-0.1, -0.05) is 0 Å². The molecule has 0 amide bonds. The van der Waals surface area contributed by atoms with Crippen LogP contribution in [0.3, 0.4) is 0 Å². The fraction of sp³-hybridized carbons (Fsp3) is 0.583. The Morgan fingerprint density at radius 1 is 1.33 bits per heavy atom. The molecular formula is C12H14ClN5O2S. The molecule has 0 atom stereocenters. The van der Waals surface area contributed by atoms with Crippen LogP contribution < -0.4 is 9.80 Å². The molecule has 112 valence electrons. The van der Waals surface area contributed by atoms with E-state index >= 15 is 0 Å². The average molecular weight is 328 g/mol. The van der Waals surface area contributed by atoms with Crippen LogP contribution in [0.1, 0.15) is 12.8 Å². The van der Waals surface area contributed by atoms with Crippen molar-refractivity contribution < 1.29 is 8.42 Å². The molecule has 1 aromatic rings. The van der Waals surface area contributed by atoms with Crippen LogP contribution in [0.2, 0.25) is 5.28 Å². The van der Waals surface area contributed by atoms with Crippen LogP contribution in [0.5, 0.6) is 0 Å². The molecule has 1 saturated heterocycles. The van der Waals surface area contributed by atoms with Gasteiger partial charge in [-0.05, 0) is 24.4 Å². The minimum atomic E-state index is -2.92.